The van der Waals surface area contributed by atoms with Crippen molar-refractivity contribution in [2.75, 3.05) is 6.54 Å². The van der Waals surface area contributed by atoms with E-state index in [0.717, 1.165) is 0 Å². The lowest BCUT2D eigenvalue weighted by atomic mass is 10.4. The van der Waals surface area contributed by atoms with Gasteiger partial charge in [0.15, 0.2) is 0 Å². The summed E-state index contributed by atoms with van der Waals surface area (Å²) in [7, 11) is -4.11. The Hall–Kier alpha value is -1.35. The average molecular weight is 324 g/mol. The first-order valence-corrected chi connectivity index (χ1v) is 7.13. The molecule has 0 atom stereocenters. The van der Waals surface area contributed by atoms with E-state index < -0.39 is 28.5 Å². The number of hydrazine groups is 1. The highest BCUT2D eigenvalue weighted by Gasteiger charge is 2.31. The smallest absolute Gasteiger partial charge is 0.275 e. The van der Waals surface area contributed by atoms with Gasteiger partial charge in [-0.2, -0.15) is 0 Å². The molecule has 0 spiro atoms. The Labute approximate surface area is 118 Å². The van der Waals surface area contributed by atoms with Crippen molar-refractivity contribution >= 4 is 45.2 Å². The molecule has 0 unspecified atom stereocenters. The molecule has 1 saturated heterocycles. The Kier molecular flexibility index (Phi) is 3.68. The molecular weight excluding hydrogens is 317 g/mol. The number of halogens is 2. The maximum Gasteiger partial charge on any atom is 0.339 e. The summed E-state index contributed by atoms with van der Waals surface area (Å²) in [6.07, 6.45) is 0. The second kappa shape index (κ2) is 4.97. The Morgan fingerprint density at radius 1 is 1.26 bits per heavy atom. The molecule has 0 aliphatic carbocycles. The van der Waals surface area contributed by atoms with Crippen molar-refractivity contribution in [2.45, 2.75) is 4.90 Å². The van der Waals surface area contributed by atoms with Gasteiger partial charge in [-0.05, 0) is 12.1 Å². The zero-order valence-electron chi connectivity index (χ0n) is 9.18. The summed E-state index contributed by atoms with van der Waals surface area (Å²) in [6.45, 7) is -0.406. The third kappa shape index (κ3) is 2.81. The van der Waals surface area contributed by atoms with Crippen LogP contribution in [0, 0.1) is 0 Å². The molecule has 1 aromatic rings. The van der Waals surface area contributed by atoms with Crippen LogP contribution in [0.3, 0.4) is 0 Å². The minimum atomic E-state index is -4.11. The first kappa shape index (κ1) is 14.1. The number of hydrogen-bond acceptors (Lipinski definition) is 4. The van der Waals surface area contributed by atoms with Gasteiger partial charge in [0.2, 0.25) is 5.91 Å². The molecule has 2 N–H and O–H groups in total. The highest BCUT2D eigenvalue weighted by Crippen LogP contribution is 2.28. The molecule has 3 amide bonds. The number of benzene rings is 1. The van der Waals surface area contributed by atoms with Gasteiger partial charge in [0.05, 0.1) is 10.0 Å². The molecule has 19 heavy (non-hydrogen) atoms. The Morgan fingerprint density at radius 3 is 2.53 bits per heavy atom. The van der Waals surface area contributed by atoms with E-state index in [2.05, 4.69) is 0 Å². The number of amides is 3. The second-order valence-electron chi connectivity index (χ2n) is 3.59. The van der Waals surface area contributed by atoms with E-state index in [0.29, 0.717) is 5.01 Å². The SMILES string of the molecule is O=C1CN(NS(=O)(=O)c2cccc(Cl)c2Cl)C(=O)N1. The van der Waals surface area contributed by atoms with Crippen LogP contribution < -0.4 is 10.1 Å². The largest absolute Gasteiger partial charge is 0.339 e. The van der Waals surface area contributed by atoms with Crippen LogP contribution in [0.15, 0.2) is 23.1 Å². The van der Waals surface area contributed by atoms with Crippen LogP contribution in [-0.2, 0) is 14.8 Å². The summed E-state index contributed by atoms with van der Waals surface area (Å²) in [4.78, 5) is 23.9. The lowest BCUT2D eigenvalue weighted by Gasteiger charge is -2.15. The van der Waals surface area contributed by atoms with Gasteiger partial charge in [-0.1, -0.05) is 29.3 Å². The summed E-state index contributed by atoms with van der Waals surface area (Å²) in [5.41, 5.74) is 0. The molecule has 0 saturated carbocycles. The zero-order valence-corrected chi connectivity index (χ0v) is 11.5. The minimum Gasteiger partial charge on any atom is -0.275 e. The summed E-state index contributed by atoms with van der Waals surface area (Å²) in [5.74, 6) is -0.607. The van der Waals surface area contributed by atoms with Gasteiger partial charge in [-0.25, -0.2) is 18.2 Å². The van der Waals surface area contributed by atoms with Crippen LogP contribution in [0.2, 0.25) is 10.0 Å². The van der Waals surface area contributed by atoms with E-state index in [1.807, 2.05) is 10.1 Å². The molecule has 1 aliphatic heterocycles. The fourth-order valence-electron chi connectivity index (χ4n) is 1.40. The van der Waals surface area contributed by atoms with Crippen LogP contribution >= 0.6 is 23.2 Å². The van der Waals surface area contributed by atoms with Gasteiger partial charge in [-0.15, -0.1) is 4.83 Å². The van der Waals surface area contributed by atoms with E-state index in [-0.39, 0.29) is 14.9 Å². The van der Waals surface area contributed by atoms with Crippen molar-refractivity contribution in [3.05, 3.63) is 28.2 Å². The van der Waals surface area contributed by atoms with Gasteiger partial charge in [0.1, 0.15) is 11.4 Å². The molecule has 1 aromatic carbocycles. The van der Waals surface area contributed by atoms with Crippen molar-refractivity contribution < 1.29 is 18.0 Å². The number of hydrogen-bond donors (Lipinski definition) is 2. The number of imide groups is 1. The lowest BCUT2D eigenvalue weighted by Crippen LogP contribution is -2.44. The molecule has 1 fully saturated rings. The van der Waals surface area contributed by atoms with Crippen LogP contribution in [0.4, 0.5) is 4.79 Å². The maximum atomic E-state index is 12.0. The quantitative estimate of drug-likeness (QED) is 0.802. The molecule has 10 heteroatoms. The molecule has 0 aromatic heterocycles. The number of carbonyl (C=O) groups excluding carboxylic acids is 2. The second-order valence-corrected chi connectivity index (χ2v) is 6.00. The fourth-order valence-corrected chi connectivity index (χ4v) is 3.20. The van der Waals surface area contributed by atoms with Crippen molar-refractivity contribution in [2.24, 2.45) is 0 Å². The third-order valence-electron chi connectivity index (χ3n) is 2.23. The molecule has 102 valence electrons. The predicted octanol–water partition coefficient (Wildman–Crippen LogP) is 0.738. The van der Waals surface area contributed by atoms with Crippen LogP contribution in [0.1, 0.15) is 0 Å². The number of nitrogens with one attached hydrogen (secondary N) is 2. The minimum absolute atomic E-state index is 0.0616. The first-order chi connectivity index (χ1) is 8.81. The van der Waals surface area contributed by atoms with Crippen molar-refractivity contribution in [3.63, 3.8) is 0 Å². The summed E-state index contributed by atoms with van der Waals surface area (Å²) >= 11 is 11.5. The van der Waals surface area contributed by atoms with E-state index >= 15 is 0 Å². The van der Waals surface area contributed by atoms with Crippen LogP contribution in [-0.4, -0.2) is 31.9 Å². The Morgan fingerprint density at radius 2 is 1.95 bits per heavy atom. The van der Waals surface area contributed by atoms with E-state index in [1.165, 1.54) is 18.2 Å². The molecule has 1 aliphatic rings. The highest BCUT2D eigenvalue weighted by atomic mass is 35.5. The third-order valence-corrected chi connectivity index (χ3v) is 4.54. The normalized spacial score (nSPS) is 15.8. The maximum absolute atomic E-state index is 12.0. The highest BCUT2D eigenvalue weighted by molar-refractivity contribution is 7.89. The monoisotopic (exact) mass is 323 g/mol. The summed E-state index contributed by atoms with van der Waals surface area (Å²) in [6, 6.07) is 3.20. The van der Waals surface area contributed by atoms with Crippen LogP contribution in [0.5, 0.6) is 0 Å². The average Bonchev–Trinajstić information content (AvgIpc) is 2.60. The standard InChI is InChI=1S/C9H7Cl2N3O4S/c10-5-2-1-3-6(8(5)11)19(17,18)13-14-4-7(15)12-9(14)16/h1-3,13H,4H2,(H,12,15,16). The Bertz CT molecular complexity index is 661. The zero-order chi connectivity index (χ0) is 14.2. The van der Waals surface area contributed by atoms with Crippen molar-refractivity contribution in [3.8, 4) is 0 Å². The van der Waals surface area contributed by atoms with Gasteiger partial charge in [0.25, 0.3) is 10.0 Å². The van der Waals surface area contributed by atoms with E-state index in [1.54, 1.807) is 0 Å². The summed E-state index contributed by atoms with van der Waals surface area (Å²) < 4.78 is 24.1. The first-order valence-electron chi connectivity index (χ1n) is 4.89. The molecule has 0 bridgehead atoms. The van der Waals surface area contributed by atoms with E-state index in [9.17, 15) is 18.0 Å². The number of sulfonamides is 1. The van der Waals surface area contributed by atoms with Gasteiger partial charge >= 0.3 is 6.03 Å². The van der Waals surface area contributed by atoms with Gasteiger partial charge < -0.3 is 0 Å². The van der Waals surface area contributed by atoms with Gasteiger partial charge in [-0.3, -0.25) is 10.1 Å². The molecule has 1 heterocycles. The molecule has 0 radical (unpaired) electrons. The van der Waals surface area contributed by atoms with Crippen molar-refractivity contribution in [1.29, 1.82) is 0 Å². The fraction of sp³-hybridized carbons (Fsp3) is 0.111. The number of nitrogens with zero attached hydrogens (tertiary/aromatic N) is 1. The van der Waals surface area contributed by atoms with E-state index in [4.69, 9.17) is 23.2 Å². The number of carbonyl (C=O) groups is 2. The van der Waals surface area contributed by atoms with Crippen molar-refractivity contribution in [1.82, 2.24) is 15.2 Å². The number of urea groups is 1. The molecular formula is C9H7Cl2N3O4S. The number of rotatable bonds is 3. The lowest BCUT2D eigenvalue weighted by molar-refractivity contribution is -0.118. The molecule has 2 rings (SSSR count). The summed E-state index contributed by atoms with van der Waals surface area (Å²) in [5, 5.41) is 2.46. The molecule has 7 nitrogen and oxygen atoms in total. The topological polar surface area (TPSA) is 95.6 Å². The predicted molar refractivity (Wildman–Crippen MR) is 67.0 cm³/mol. The van der Waals surface area contributed by atoms with Crippen LogP contribution in [0.25, 0.3) is 0 Å². The van der Waals surface area contributed by atoms with Gasteiger partial charge in [0, 0.05) is 0 Å². The Balaban J connectivity index is 2.31.